The Balaban J connectivity index is 1.33. The number of likely N-dealkylation sites (N-methyl/N-ethyl adjacent to an activating group) is 1. The van der Waals surface area contributed by atoms with Crippen LogP contribution in [-0.2, 0) is 27.9 Å². The highest BCUT2D eigenvalue weighted by atomic mass is 19.3. The summed E-state index contributed by atoms with van der Waals surface area (Å²) in [5.41, 5.74) is -0.435. The minimum absolute atomic E-state index is 0.00488. The van der Waals surface area contributed by atoms with Crippen LogP contribution in [0.15, 0.2) is 60.1 Å². The summed E-state index contributed by atoms with van der Waals surface area (Å²) in [6, 6.07) is 6.50. The number of carbonyl (C=O) groups is 1. The molecule has 2 aliphatic heterocycles. The van der Waals surface area contributed by atoms with Gasteiger partial charge in [-0.2, -0.15) is 13.2 Å². The summed E-state index contributed by atoms with van der Waals surface area (Å²) < 4.78 is 101. The van der Waals surface area contributed by atoms with Gasteiger partial charge in [0.15, 0.2) is 11.6 Å². The minimum atomic E-state index is -3.34. The predicted octanol–water partition coefficient (Wildman–Crippen LogP) is 8.50. The number of hydrogen-bond donors (Lipinski definition) is 1. The first-order valence-electron chi connectivity index (χ1n) is 18.8. The summed E-state index contributed by atoms with van der Waals surface area (Å²) >= 11 is 0. The van der Waals surface area contributed by atoms with Crippen molar-refractivity contribution in [3.8, 4) is 17.0 Å². The standard InChI is InChI=1S/C41H48F6N6O3/c1-25-36(48-24-49-37(25)40(5,46)47)30-22-29(39(4,44)45)11-12-31(30)50-27(3)33-26(2)41(14-8-7-9-15-41)51(6)53(38(33)54)23-28-10-13-32(35(43)34(28)42)56-21-18-52-16-19-55-20-17-52/h10-13,22,24,50H,3,7-9,14-21,23H2,1-2,4-6H3. The molecular formula is C41H48F6N6O3. The lowest BCUT2D eigenvalue weighted by Gasteiger charge is -2.53. The number of nitrogens with zero attached hydrogens (tertiary/aromatic N) is 5. The Labute approximate surface area is 323 Å². The molecular weight excluding hydrogens is 738 g/mol. The van der Waals surface area contributed by atoms with E-state index in [1.807, 2.05) is 11.9 Å². The molecule has 2 aromatic carbocycles. The predicted molar refractivity (Wildman–Crippen MR) is 200 cm³/mol. The number of morpholine rings is 1. The molecule has 1 aromatic heterocycles. The largest absolute Gasteiger partial charge is 0.489 e. The van der Waals surface area contributed by atoms with Gasteiger partial charge in [0, 0.05) is 74.2 Å². The summed E-state index contributed by atoms with van der Waals surface area (Å²) in [4.78, 5) is 24.7. The van der Waals surface area contributed by atoms with Crippen molar-refractivity contribution < 1.29 is 40.6 Å². The molecule has 6 rings (SSSR count). The van der Waals surface area contributed by atoms with Crippen LogP contribution in [0.3, 0.4) is 0 Å². The van der Waals surface area contributed by atoms with Crippen molar-refractivity contribution in [2.75, 3.05) is 51.8 Å². The zero-order valence-corrected chi connectivity index (χ0v) is 32.4. The number of amides is 1. The highest BCUT2D eigenvalue weighted by Crippen LogP contribution is 2.46. The Kier molecular flexibility index (Phi) is 11.9. The molecule has 9 nitrogen and oxygen atoms in total. The van der Waals surface area contributed by atoms with Crippen molar-refractivity contribution in [3.63, 3.8) is 0 Å². The average molecular weight is 787 g/mol. The number of benzene rings is 2. The van der Waals surface area contributed by atoms with Gasteiger partial charge < -0.3 is 14.8 Å². The number of rotatable bonds is 12. The first-order valence-corrected chi connectivity index (χ1v) is 18.8. The van der Waals surface area contributed by atoms with Crippen molar-refractivity contribution in [1.29, 1.82) is 0 Å². The molecule has 0 atom stereocenters. The van der Waals surface area contributed by atoms with Gasteiger partial charge in [-0.3, -0.25) is 14.7 Å². The third-order valence-corrected chi connectivity index (χ3v) is 11.3. The number of halogens is 6. The topological polar surface area (TPSA) is 83.1 Å². The Hall–Kier alpha value is -4.47. The number of alkyl halides is 4. The van der Waals surface area contributed by atoms with Crippen molar-refractivity contribution >= 4 is 11.6 Å². The molecule has 3 aliphatic rings. The van der Waals surface area contributed by atoms with Crippen LogP contribution in [0.2, 0.25) is 0 Å². The van der Waals surface area contributed by atoms with Crippen molar-refractivity contribution in [3.05, 3.63) is 94.1 Å². The molecule has 1 spiro atoms. The lowest BCUT2D eigenvalue weighted by atomic mass is 9.73. The highest BCUT2D eigenvalue weighted by molar-refractivity contribution is 6.00. The maximum Gasteiger partial charge on any atom is 0.287 e. The van der Waals surface area contributed by atoms with Crippen molar-refractivity contribution in [2.45, 2.75) is 83.7 Å². The Morgan fingerprint density at radius 1 is 0.982 bits per heavy atom. The van der Waals surface area contributed by atoms with Crippen LogP contribution in [0.4, 0.5) is 32.0 Å². The summed E-state index contributed by atoms with van der Waals surface area (Å²) in [6.07, 6.45) is 4.97. The number of hydrazine groups is 1. The Morgan fingerprint density at radius 2 is 1.68 bits per heavy atom. The van der Waals surface area contributed by atoms with E-state index in [9.17, 15) is 22.4 Å². The fourth-order valence-corrected chi connectivity index (χ4v) is 8.09. The van der Waals surface area contributed by atoms with Crippen LogP contribution in [0.25, 0.3) is 11.3 Å². The van der Waals surface area contributed by atoms with E-state index >= 15 is 8.78 Å². The van der Waals surface area contributed by atoms with E-state index < -0.39 is 40.6 Å². The molecule has 1 N–H and O–H groups in total. The molecule has 3 aromatic rings. The van der Waals surface area contributed by atoms with E-state index in [0.717, 1.165) is 45.6 Å². The van der Waals surface area contributed by atoms with E-state index in [0.29, 0.717) is 45.1 Å². The van der Waals surface area contributed by atoms with Crippen LogP contribution in [0.5, 0.6) is 5.75 Å². The number of hydrogen-bond acceptors (Lipinski definition) is 8. The van der Waals surface area contributed by atoms with Gasteiger partial charge >= 0.3 is 0 Å². The number of aromatic nitrogens is 2. The molecule has 56 heavy (non-hydrogen) atoms. The highest BCUT2D eigenvalue weighted by Gasteiger charge is 2.48. The van der Waals surface area contributed by atoms with E-state index in [1.54, 1.807) is 7.05 Å². The summed E-state index contributed by atoms with van der Waals surface area (Å²) in [5.74, 6) is -9.68. The molecule has 0 unspecified atom stereocenters. The minimum Gasteiger partial charge on any atom is -0.489 e. The zero-order chi connectivity index (χ0) is 40.6. The van der Waals surface area contributed by atoms with Gasteiger partial charge in [-0.25, -0.2) is 28.1 Å². The van der Waals surface area contributed by atoms with Gasteiger partial charge in [-0.1, -0.05) is 38.0 Å². The Morgan fingerprint density at radius 3 is 2.34 bits per heavy atom. The number of nitrogens with one attached hydrogen (secondary N) is 1. The van der Waals surface area contributed by atoms with Gasteiger partial charge in [0.1, 0.15) is 18.6 Å². The molecule has 0 radical (unpaired) electrons. The second-order valence-corrected chi connectivity index (χ2v) is 15.0. The first kappa shape index (κ1) is 41.2. The zero-order valence-electron chi connectivity index (χ0n) is 32.4. The maximum absolute atomic E-state index is 15.8. The fourth-order valence-electron chi connectivity index (χ4n) is 8.09. The second-order valence-electron chi connectivity index (χ2n) is 15.0. The van der Waals surface area contributed by atoms with Gasteiger partial charge in [0.2, 0.25) is 5.82 Å². The van der Waals surface area contributed by atoms with Crippen molar-refractivity contribution in [2.24, 2.45) is 0 Å². The third-order valence-electron chi connectivity index (χ3n) is 11.3. The van der Waals surface area contributed by atoms with Crippen molar-refractivity contribution in [1.82, 2.24) is 24.9 Å². The third kappa shape index (κ3) is 8.16. The second kappa shape index (κ2) is 16.2. The molecule has 0 bridgehead atoms. The van der Waals surface area contributed by atoms with Crippen LogP contribution >= 0.6 is 0 Å². The van der Waals surface area contributed by atoms with E-state index in [4.69, 9.17) is 9.47 Å². The number of carbonyl (C=O) groups excluding carboxylic acids is 1. The van der Waals surface area contributed by atoms with Gasteiger partial charge in [0.05, 0.1) is 36.6 Å². The molecule has 1 aliphatic carbocycles. The maximum atomic E-state index is 15.8. The first-order chi connectivity index (χ1) is 26.4. The normalized spacial score (nSPS) is 18.5. The monoisotopic (exact) mass is 786 g/mol. The van der Waals surface area contributed by atoms with Gasteiger partial charge in [-0.15, -0.1) is 0 Å². The summed E-state index contributed by atoms with van der Waals surface area (Å²) in [6.45, 7) is 11.9. The van der Waals surface area contributed by atoms with Crippen LogP contribution in [0.1, 0.15) is 75.3 Å². The quantitative estimate of drug-likeness (QED) is 0.183. The van der Waals surface area contributed by atoms with Crippen LogP contribution in [-0.4, -0.2) is 82.8 Å². The van der Waals surface area contributed by atoms with E-state index in [1.165, 1.54) is 42.3 Å². The molecule has 2 fully saturated rings. The summed E-state index contributed by atoms with van der Waals surface area (Å²) in [5, 5.41) is 6.31. The fraction of sp³-hybridized carbons (Fsp3) is 0.488. The lowest BCUT2D eigenvalue weighted by molar-refractivity contribution is -0.161. The molecule has 1 saturated carbocycles. The lowest BCUT2D eigenvalue weighted by Crippen LogP contribution is -2.62. The van der Waals surface area contributed by atoms with E-state index in [2.05, 4.69) is 26.8 Å². The number of anilines is 1. The SMILES string of the molecule is C=C(Nc1ccc(C(C)(F)F)cc1-c1ncnc(C(C)(F)F)c1C)C1=C(C)C2(CCCCC2)N(C)N(Cc2ccc(OCCN3CCOCC3)c(F)c2F)C1=O. The van der Waals surface area contributed by atoms with Gasteiger partial charge in [0.25, 0.3) is 17.8 Å². The smallest absolute Gasteiger partial charge is 0.287 e. The van der Waals surface area contributed by atoms with Gasteiger partial charge in [-0.05, 0) is 50.5 Å². The Bertz CT molecular complexity index is 2000. The molecule has 302 valence electrons. The van der Waals surface area contributed by atoms with Crippen LogP contribution < -0.4 is 10.1 Å². The summed E-state index contributed by atoms with van der Waals surface area (Å²) in [7, 11) is 1.76. The molecule has 1 amide bonds. The molecule has 3 heterocycles. The number of ether oxygens (including phenoxy) is 2. The molecule has 15 heteroatoms. The van der Waals surface area contributed by atoms with Crippen LogP contribution in [0, 0.1) is 18.6 Å². The van der Waals surface area contributed by atoms with E-state index in [-0.39, 0.29) is 63.8 Å². The average Bonchev–Trinajstić information content (AvgIpc) is 3.15. The molecule has 1 saturated heterocycles.